The van der Waals surface area contributed by atoms with Crippen molar-refractivity contribution in [1.82, 2.24) is 4.90 Å². The maximum atomic E-state index is 12.4. The molecule has 0 saturated carbocycles. The molecule has 0 aliphatic carbocycles. The molecule has 1 aliphatic heterocycles. The van der Waals surface area contributed by atoms with Crippen molar-refractivity contribution in [2.24, 2.45) is 17.6 Å². The molecule has 0 radical (unpaired) electrons. The molecule has 1 saturated heterocycles. The molecule has 1 rings (SSSR count). The van der Waals surface area contributed by atoms with Gasteiger partial charge in [-0.3, -0.25) is 0 Å². The van der Waals surface area contributed by atoms with Crippen LogP contribution in [-0.4, -0.2) is 36.8 Å². The maximum Gasteiger partial charge on any atom is 0.391 e. The monoisotopic (exact) mass is 238 g/mol. The lowest BCUT2D eigenvalue weighted by molar-refractivity contribution is -0.185. The summed E-state index contributed by atoms with van der Waals surface area (Å²) in [7, 11) is 0. The number of alkyl halides is 3. The van der Waals surface area contributed by atoms with Crippen LogP contribution in [0.1, 0.15) is 26.7 Å². The van der Waals surface area contributed by atoms with Gasteiger partial charge in [-0.05, 0) is 31.8 Å². The topological polar surface area (TPSA) is 29.3 Å². The van der Waals surface area contributed by atoms with Gasteiger partial charge in [0.15, 0.2) is 0 Å². The highest BCUT2D eigenvalue weighted by atomic mass is 19.4. The first-order valence-corrected chi connectivity index (χ1v) is 5.85. The predicted octanol–water partition coefficient (Wildman–Crippen LogP) is 2.24. The van der Waals surface area contributed by atoms with E-state index in [1.54, 1.807) is 0 Å². The number of likely N-dealkylation sites (tertiary alicyclic amines) is 1. The first-order chi connectivity index (χ1) is 7.30. The van der Waals surface area contributed by atoms with Gasteiger partial charge in [-0.1, -0.05) is 13.8 Å². The van der Waals surface area contributed by atoms with E-state index in [9.17, 15) is 13.2 Å². The molecular weight excluding hydrogens is 217 g/mol. The van der Waals surface area contributed by atoms with E-state index in [2.05, 4.69) is 0 Å². The third-order valence-electron chi connectivity index (χ3n) is 3.38. The summed E-state index contributed by atoms with van der Waals surface area (Å²) in [6.07, 6.45) is -3.59. The second kappa shape index (κ2) is 5.36. The molecule has 96 valence electrons. The van der Waals surface area contributed by atoms with E-state index in [0.29, 0.717) is 25.6 Å². The molecule has 2 nitrogen and oxygen atoms in total. The number of nitrogens with two attached hydrogens (primary N) is 1. The van der Waals surface area contributed by atoms with Gasteiger partial charge in [-0.25, -0.2) is 0 Å². The van der Waals surface area contributed by atoms with Gasteiger partial charge >= 0.3 is 6.18 Å². The van der Waals surface area contributed by atoms with E-state index in [1.807, 2.05) is 18.7 Å². The average molecular weight is 238 g/mol. The standard InChI is InChI=1S/C11H21F3N2/c1-8(2)10(15)7-16-5-3-9(4-6-16)11(12,13)14/h8-10H,3-7,15H2,1-2H3. The smallest absolute Gasteiger partial charge is 0.326 e. The SMILES string of the molecule is CC(C)C(N)CN1CCC(C(F)(F)F)CC1. The quantitative estimate of drug-likeness (QED) is 0.817. The average Bonchev–Trinajstić information content (AvgIpc) is 2.17. The van der Waals surface area contributed by atoms with Crippen molar-refractivity contribution in [3.8, 4) is 0 Å². The molecule has 1 unspecified atom stereocenters. The number of hydrogen-bond acceptors (Lipinski definition) is 2. The van der Waals surface area contributed by atoms with E-state index in [0.717, 1.165) is 0 Å². The zero-order valence-electron chi connectivity index (χ0n) is 9.93. The van der Waals surface area contributed by atoms with E-state index >= 15 is 0 Å². The minimum absolute atomic E-state index is 0.0578. The Bertz CT molecular complexity index is 208. The molecule has 1 aliphatic rings. The summed E-state index contributed by atoms with van der Waals surface area (Å²) >= 11 is 0. The molecule has 0 spiro atoms. The van der Waals surface area contributed by atoms with Crippen molar-refractivity contribution >= 4 is 0 Å². The molecule has 0 aromatic carbocycles. The van der Waals surface area contributed by atoms with Crippen molar-refractivity contribution in [2.75, 3.05) is 19.6 Å². The zero-order valence-corrected chi connectivity index (χ0v) is 9.93. The zero-order chi connectivity index (χ0) is 12.3. The highest BCUT2D eigenvalue weighted by molar-refractivity contribution is 4.80. The summed E-state index contributed by atoms with van der Waals surface area (Å²) in [6, 6.07) is 0.0578. The number of hydrogen-bond donors (Lipinski definition) is 1. The Labute approximate surface area is 95.0 Å². The van der Waals surface area contributed by atoms with Crippen LogP contribution in [-0.2, 0) is 0 Å². The summed E-state index contributed by atoms with van der Waals surface area (Å²) in [5.74, 6) is -0.737. The van der Waals surface area contributed by atoms with Crippen molar-refractivity contribution in [3.63, 3.8) is 0 Å². The highest BCUT2D eigenvalue weighted by Crippen LogP contribution is 2.34. The number of rotatable bonds is 3. The second-order valence-electron chi connectivity index (χ2n) is 5.02. The van der Waals surface area contributed by atoms with Crippen LogP contribution < -0.4 is 5.73 Å². The van der Waals surface area contributed by atoms with Gasteiger partial charge in [-0.15, -0.1) is 0 Å². The van der Waals surface area contributed by atoms with Crippen LogP contribution in [0, 0.1) is 11.8 Å². The van der Waals surface area contributed by atoms with Gasteiger partial charge in [0.1, 0.15) is 0 Å². The Hall–Kier alpha value is -0.290. The minimum atomic E-state index is -4.02. The molecule has 2 N–H and O–H groups in total. The van der Waals surface area contributed by atoms with Gasteiger partial charge in [0, 0.05) is 12.6 Å². The van der Waals surface area contributed by atoms with Crippen molar-refractivity contribution in [3.05, 3.63) is 0 Å². The van der Waals surface area contributed by atoms with Gasteiger partial charge in [0.2, 0.25) is 0 Å². The number of piperidine rings is 1. The fourth-order valence-electron chi connectivity index (χ4n) is 1.95. The number of nitrogens with zero attached hydrogens (tertiary/aromatic N) is 1. The minimum Gasteiger partial charge on any atom is -0.326 e. The number of halogens is 3. The predicted molar refractivity (Wildman–Crippen MR) is 58.0 cm³/mol. The van der Waals surface area contributed by atoms with Gasteiger partial charge in [0.05, 0.1) is 5.92 Å². The summed E-state index contributed by atoms with van der Waals surface area (Å²) in [4.78, 5) is 2.05. The fourth-order valence-corrected chi connectivity index (χ4v) is 1.95. The van der Waals surface area contributed by atoms with Gasteiger partial charge < -0.3 is 10.6 Å². The summed E-state index contributed by atoms with van der Waals surface area (Å²) in [6.45, 7) is 5.82. The van der Waals surface area contributed by atoms with Crippen molar-refractivity contribution in [2.45, 2.75) is 38.9 Å². The molecular formula is C11H21F3N2. The first-order valence-electron chi connectivity index (χ1n) is 5.85. The van der Waals surface area contributed by atoms with Gasteiger partial charge in [-0.2, -0.15) is 13.2 Å². The van der Waals surface area contributed by atoms with Crippen LogP contribution in [0.5, 0.6) is 0 Å². The Morgan fingerprint density at radius 3 is 2.12 bits per heavy atom. The van der Waals surface area contributed by atoms with E-state index in [-0.39, 0.29) is 18.9 Å². The molecule has 0 bridgehead atoms. The van der Waals surface area contributed by atoms with Crippen LogP contribution >= 0.6 is 0 Å². The summed E-state index contributed by atoms with van der Waals surface area (Å²) < 4.78 is 37.2. The molecule has 0 aromatic rings. The molecule has 1 fully saturated rings. The van der Waals surface area contributed by atoms with E-state index in [4.69, 9.17) is 5.73 Å². The molecule has 5 heteroatoms. The van der Waals surface area contributed by atoms with Crippen LogP contribution in [0.15, 0.2) is 0 Å². The summed E-state index contributed by atoms with van der Waals surface area (Å²) in [5.41, 5.74) is 5.90. The van der Waals surface area contributed by atoms with E-state index in [1.165, 1.54) is 0 Å². The second-order valence-corrected chi connectivity index (χ2v) is 5.02. The van der Waals surface area contributed by atoms with Crippen LogP contribution in [0.3, 0.4) is 0 Å². The Morgan fingerprint density at radius 1 is 1.25 bits per heavy atom. The maximum absolute atomic E-state index is 12.4. The van der Waals surface area contributed by atoms with Crippen LogP contribution in [0.4, 0.5) is 13.2 Å². The third-order valence-corrected chi connectivity index (χ3v) is 3.38. The fraction of sp³-hybridized carbons (Fsp3) is 1.00. The Balaban J connectivity index is 2.32. The molecule has 0 aromatic heterocycles. The molecule has 1 atom stereocenters. The van der Waals surface area contributed by atoms with Crippen LogP contribution in [0.2, 0.25) is 0 Å². The largest absolute Gasteiger partial charge is 0.391 e. The molecule has 16 heavy (non-hydrogen) atoms. The Kier molecular flexibility index (Phi) is 4.62. The van der Waals surface area contributed by atoms with Crippen LogP contribution in [0.25, 0.3) is 0 Å². The highest BCUT2D eigenvalue weighted by Gasteiger charge is 2.41. The molecule has 1 heterocycles. The lowest BCUT2D eigenvalue weighted by Crippen LogP contribution is -2.45. The Morgan fingerprint density at radius 2 is 1.75 bits per heavy atom. The van der Waals surface area contributed by atoms with Crippen molar-refractivity contribution in [1.29, 1.82) is 0 Å². The first kappa shape index (κ1) is 13.8. The molecule has 0 amide bonds. The van der Waals surface area contributed by atoms with Gasteiger partial charge in [0.25, 0.3) is 0 Å². The normalized spacial score (nSPS) is 22.7. The van der Waals surface area contributed by atoms with E-state index < -0.39 is 12.1 Å². The lowest BCUT2D eigenvalue weighted by atomic mass is 9.95. The lowest BCUT2D eigenvalue weighted by Gasteiger charge is -2.34. The summed E-state index contributed by atoms with van der Waals surface area (Å²) in [5, 5.41) is 0. The van der Waals surface area contributed by atoms with Crippen molar-refractivity contribution < 1.29 is 13.2 Å². The third kappa shape index (κ3) is 3.94.